The summed E-state index contributed by atoms with van der Waals surface area (Å²) in [6, 6.07) is 10.9. The summed E-state index contributed by atoms with van der Waals surface area (Å²) in [6.07, 6.45) is 0. The van der Waals surface area contributed by atoms with Gasteiger partial charge in [0.1, 0.15) is 17.2 Å². The van der Waals surface area contributed by atoms with Gasteiger partial charge in [-0.3, -0.25) is 4.79 Å². The van der Waals surface area contributed by atoms with Crippen LogP contribution in [0.4, 0.5) is 0 Å². The second-order valence-corrected chi connectivity index (χ2v) is 5.02. The number of benzene rings is 2. The summed E-state index contributed by atoms with van der Waals surface area (Å²) < 4.78 is 15.9. The maximum atomic E-state index is 12.4. The monoisotopic (exact) mass is 315 g/mol. The van der Waals surface area contributed by atoms with Crippen LogP contribution in [0.15, 0.2) is 36.4 Å². The molecule has 0 heterocycles. The van der Waals surface area contributed by atoms with Crippen LogP contribution < -0.4 is 19.5 Å². The predicted octanol–water partition coefficient (Wildman–Crippen LogP) is 2.95. The quantitative estimate of drug-likeness (QED) is 0.890. The molecular formula is C18H21NO4. The Morgan fingerprint density at radius 3 is 2.26 bits per heavy atom. The van der Waals surface area contributed by atoms with E-state index in [1.165, 1.54) is 0 Å². The van der Waals surface area contributed by atoms with Gasteiger partial charge in [0.2, 0.25) is 0 Å². The third-order valence-electron chi connectivity index (χ3n) is 3.59. The van der Waals surface area contributed by atoms with Crippen molar-refractivity contribution < 1.29 is 19.0 Å². The summed E-state index contributed by atoms with van der Waals surface area (Å²) in [5, 5.41) is 2.88. The summed E-state index contributed by atoms with van der Waals surface area (Å²) in [5.41, 5.74) is 2.32. The maximum absolute atomic E-state index is 12.4. The Labute approximate surface area is 136 Å². The molecular weight excluding hydrogens is 294 g/mol. The number of rotatable bonds is 6. The molecule has 0 atom stereocenters. The highest BCUT2D eigenvalue weighted by molar-refractivity contribution is 5.96. The van der Waals surface area contributed by atoms with E-state index < -0.39 is 0 Å². The molecule has 0 unspecified atom stereocenters. The topological polar surface area (TPSA) is 56.8 Å². The molecule has 0 aliphatic heterocycles. The lowest BCUT2D eigenvalue weighted by Gasteiger charge is -2.14. The lowest BCUT2D eigenvalue weighted by atomic mass is 10.1. The van der Waals surface area contributed by atoms with E-state index in [9.17, 15) is 4.79 Å². The first kappa shape index (κ1) is 16.7. The molecule has 2 aromatic carbocycles. The number of nitrogens with one attached hydrogen (secondary N) is 1. The lowest BCUT2D eigenvalue weighted by molar-refractivity contribution is 0.0947. The van der Waals surface area contributed by atoms with Crippen LogP contribution in [0.2, 0.25) is 0 Å². The minimum absolute atomic E-state index is 0.205. The van der Waals surface area contributed by atoms with Gasteiger partial charge in [0.15, 0.2) is 0 Å². The minimum Gasteiger partial charge on any atom is -0.496 e. The van der Waals surface area contributed by atoms with E-state index in [4.69, 9.17) is 14.2 Å². The molecule has 1 N–H and O–H groups in total. The molecule has 1 amide bonds. The van der Waals surface area contributed by atoms with Crippen molar-refractivity contribution in [2.24, 2.45) is 0 Å². The van der Waals surface area contributed by atoms with E-state index in [2.05, 4.69) is 5.32 Å². The third kappa shape index (κ3) is 3.74. The van der Waals surface area contributed by atoms with Crippen LogP contribution in [-0.2, 0) is 6.54 Å². The van der Waals surface area contributed by atoms with Gasteiger partial charge in [-0.1, -0.05) is 12.1 Å². The van der Waals surface area contributed by atoms with Gasteiger partial charge in [-0.2, -0.15) is 0 Å². The molecule has 5 heteroatoms. The first-order valence-electron chi connectivity index (χ1n) is 7.23. The summed E-state index contributed by atoms with van der Waals surface area (Å²) in [5.74, 6) is 1.80. The number of carbonyl (C=O) groups excluding carboxylic acids is 1. The number of hydrogen-bond donors (Lipinski definition) is 1. The van der Waals surface area contributed by atoms with Gasteiger partial charge < -0.3 is 19.5 Å². The van der Waals surface area contributed by atoms with Gasteiger partial charge >= 0.3 is 0 Å². The van der Waals surface area contributed by atoms with E-state index in [1.807, 2.05) is 25.1 Å². The van der Waals surface area contributed by atoms with Gasteiger partial charge in [0.25, 0.3) is 5.91 Å². The molecule has 0 aliphatic carbocycles. The molecule has 0 radical (unpaired) electrons. The largest absolute Gasteiger partial charge is 0.496 e. The highest BCUT2D eigenvalue weighted by atomic mass is 16.5. The molecule has 0 aromatic heterocycles. The van der Waals surface area contributed by atoms with Gasteiger partial charge in [-0.05, 0) is 36.8 Å². The zero-order valence-electron chi connectivity index (χ0n) is 13.8. The number of amides is 1. The molecule has 23 heavy (non-hydrogen) atoms. The highest BCUT2D eigenvalue weighted by Gasteiger charge is 2.13. The minimum atomic E-state index is -0.205. The van der Waals surface area contributed by atoms with Crippen LogP contribution in [0.3, 0.4) is 0 Å². The predicted molar refractivity (Wildman–Crippen MR) is 88.4 cm³/mol. The Kier molecular flexibility index (Phi) is 5.46. The fourth-order valence-corrected chi connectivity index (χ4v) is 2.35. The molecule has 2 aromatic rings. The molecule has 0 aliphatic rings. The van der Waals surface area contributed by atoms with E-state index in [0.717, 1.165) is 16.9 Å². The fraction of sp³-hybridized carbons (Fsp3) is 0.278. The van der Waals surface area contributed by atoms with E-state index in [1.54, 1.807) is 39.5 Å². The molecule has 0 saturated carbocycles. The van der Waals surface area contributed by atoms with Crippen LogP contribution >= 0.6 is 0 Å². The molecule has 5 nitrogen and oxygen atoms in total. The van der Waals surface area contributed by atoms with Crippen LogP contribution in [-0.4, -0.2) is 27.2 Å². The lowest BCUT2D eigenvalue weighted by Crippen LogP contribution is -2.23. The van der Waals surface area contributed by atoms with Crippen molar-refractivity contribution in [2.45, 2.75) is 13.5 Å². The first-order chi connectivity index (χ1) is 11.1. The van der Waals surface area contributed by atoms with Gasteiger partial charge in [-0.15, -0.1) is 0 Å². The third-order valence-corrected chi connectivity index (χ3v) is 3.59. The highest BCUT2D eigenvalue weighted by Crippen LogP contribution is 2.28. The van der Waals surface area contributed by atoms with Gasteiger partial charge in [-0.25, -0.2) is 0 Å². The van der Waals surface area contributed by atoms with Crippen molar-refractivity contribution >= 4 is 5.91 Å². The Morgan fingerprint density at radius 1 is 0.957 bits per heavy atom. The van der Waals surface area contributed by atoms with Crippen LogP contribution in [0.5, 0.6) is 17.2 Å². The Bertz CT molecular complexity index is 697. The van der Waals surface area contributed by atoms with E-state index in [-0.39, 0.29) is 5.91 Å². The summed E-state index contributed by atoms with van der Waals surface area (Å²) >= 11 is 0. The van der Waals surface area contributed by atoms with Crippen molar-refractivity contribution in [3.05, 3.63) is 53.1 Å². The van der Waals surface area contributed by atoms with E-state index in [0.29, 0.717) is 23.6 Å². The molecule has 0 spiro atoms. The molecule has 2 rings (SSSR count). The van der Waals surface area contributed by atoms with Crippen molar-refractivity contribution in [2.75, 3.05) is 21.3 Å². The zero-order chi connectivity index (χ0) is 16.8. The number of carbonyl (C=O) groups is 1. The summed E-state index contributed by atoms with van der Waals surface area (Å²) in [7, 11) is 4.76. The second-order valence-electron chi connectivity index (χ2n) is 5.02. The Balaban J connectivity index is 2.18. The van der Waals surface area contributed by atoms with Crippen LogP contribution in [0, 0.1) is 6.92 Å². The average molecular weight is 315 g/mol. The summed E-state index contributed by atoms with van der Waals surface area (Å²) in [6.45, 7) is 2.27. The smallest absolute Gasteiger partial charge is 0.255 e. The van der Waals surface area contributed by atoms with Crippen molar-refractivity contribution in [3.63, 3.8) is 0 Å². The molecule has 0 bridgehead atoms. The number of para-hydroxylation sites is 1. The molecule has 0 saturated heterocycles. The Morgan fingerprint density at radius 2 is 1.61 bits per heavy atom. The van der Waals surface area contributed by atoms with Crippen LogP contribution in [0.25, 0.3) is 0 Å². The standard InChI is InChI=1S/C18H21NO4/c1-12-9-17(23-4)13(10-16(12)22-3)11-19-18(20)14-7-5-6-8-15(14)21-2/h5-10H,11H2,1-4H3,(H,19,20). The first-order valence-corrected chi connectivity index (χ1v) is 7.23. The Hall–Kier alpha value is -2.69. The molecule has 0 fully saturated rings. The average Bonchev–Trinajstić information content (AvgIpc) is 2.59. The van der Waals surface area contributed by atoms with Gasteiger partial charge in [0, 0.05) is 12.1 Å². The second kappa shape index (κ2) is 7.54. The normalized spacial score (nSPS) is 10.1. The molecule has 122 valence electrons. The van der Waals surface area contributed by atoms with E-state index >= 15 is 0 Å². The van der Waals surface area contributed by atoms with Crippen molar-refractivity contribution in [1.82, 2.24) is 5.32 Å². The number of aryl methyl sites for hydroxylation is 1. The number of hydrogen-bond acceptors (Lipinski definition) is 4. The summed E-state index contributed by atoms with van der Waals surface area (Å²) in [4.78, 5) is 12.4. The SMILES string of the molecule is COc1cc(CNC(=O)c2ccccc2OC)c(OC)cc1C. The number of methoxy groups -OCH3 is 3. The maximum Gasteiger partial charge on any atom is 0.255 e. The van der Waals surface area contributed by atoms with Crippen molar-refractivity contribution in [1.29, 1.82) is 0 Å². The zero-order valence-corrected chi connectivity index (χ0v) is 13.8. The van der Waals surface area contributed by atoms with Crippen LogP contribution in [0.1, 0.15) is 21.5 Å². The number of ether oxygens (including phenoxy) is 3. The van der Waals surface area contributed by atoms with Crippen molar-refractivity contribution in [3.8, 4) is 17.2 Å². The fourth-order valence-electron chi connectivity index (χ4n) is 2.35. The van der Waals surface area contributed by atoms with Gasteiger partial charge in [0.05, 0.1) is 26.9 Å².